The van der Waals surface area contributed by atoms with Crippen molar-refractivity contribution in [3.8, 4) is 11.5 Å². The van der Waals surface area contributed by atoms with E-state index in [1.54, 1.807) is 18.2 Å². The van der Waals surface area contributed by atoms with Crippen LogP contribution in [-0.4, -0.2) is 37.0 Å². The number of carbonyl (C=O) groups is 2. The summed E-state index contributed by atoms with van der Waals surface area (Å²) in [5.41, 5.74) is 1.92. The van der Waals surface area contributed by atoms with Crippen LogP contribution in [0.4, 0.5) is 5.69 Å². The summed E-state index contributed by atoms with van der Waals surface area (Å²) in [5.74, 6) is 0.0181. The predicted molar refractivity (Wildman–Crippen MR) is 124 cm³/mol. The number of carbonyl (C=O) groups excluding carboxylic acids is 2. The van der Waals surface area contributed by atoms with Gasteiger partial charge in [0, 0.05) is 34.3 Å². The minimum Gasteiger partial charge on any atom is -0.454 e. The van der Waals surface area contributed by atoms with Crippen molar-refractivity contribution in [3.63, 3.8) is 0 Å². The first-order valence-electron chi connectivity index (χ1n) is 10.8. The quantitative estimate of drug-likeness (QED) is 0.585. The minimum absolute atomic E-state index is 0.107. The number of ketones is 1. The third-order valence-corrected chi connectivity index (χ3v) is 7.35. The molecule has 0 saturated carbocycles. The van der Waals surface area contributed by atoms with Crippen molar-refractivity contribution in [1.29, 1.82) is 0 Å². The highest BCUT2D eigenvalue weighted by Gasteiger charge is 2.64. The molecule has 3 aromatic carbocycles. The molecule has 6 rings (SSSR count). The van der Waals surface area contributed by atoms with E-state index in [4.69, 9.17) is 21.1 Å². The number of nitrogens with one attached hydrogen (secondary N) is 1. The van der Waals surface area contributed by atoms with Crippen LogP contribution >= 0.6 is 11.6 Å². The maximum atomic E-state index is 14.2. The Morgan fingerprint density at radius 1 is 1.06 bits per heavy atom. The summed E-state index contributed by atoms with van der Waals surface area (Å²) in [5, 5.41) is 3.65. The SMILES string of the molecule is CN1C[C@H](c2ccc(Cl)cc2)[C@@H](C(=O)c2ccc3c(c2)OCO3)[C@@]12C(=O)Nc1ccccc12. The maximum absolute atomic E-state index is 14.2. The molecule has 1 saturated heterocycles. The Bertz CT molecular complexity index is 1290. The number of benzene rings is 3. The molecule has 0 aliphatic carbocycles. The van der Waals surface area contributed by atoms with Crippen LogP contribution in [0, 0.1) is 5.92 Å². The maximum Gasteiger partial charge on any atom is 0.250 e. The molecule has 0 radical (unpaired) electrons. The van der Waals surface area contributed by atoms with Crippen LogP contribution in [0.1, 0.15) is 27.4 Å². The number of halogens is 1. The number of ether oxygens (including phenoxy) is 2. The van der Waals surface area contributed by atoms with Crippen molar-refractivity contribution in [3.05, 3.63) is 88.4 Å². The van der Waals surface area contributed by atoms with Crippen molar-refractivity contribution in [2.24, 2.45) is 5.92 Å². The Kier molecular flexibility index (Phi) is 4.50. The van der Waals surface area contributed by atoms with Crippen LogP contribution in [0.5, 0.6) is 11.5 Å². The number of para-hydroxylation sites is 1. The van der Waals surface area contributed by atoms with Gasteiger partial charge in [0.1, 0.15) is 5.54 Å². The molecule has 3 heterocycles. The largest absolute Gasteiger partial charge is 0.454 e. The molecule has 7 heteroatoms. The lowest BCUT2D eigenvalue weighted by Gasteiger charge is -2.35. The molecule has 0 unspecified atom stereocenters. The van der Waals surface area contributed by atoms with E-state index < -0.39 is 11.5 Å². The Labute approximate surface area is 196 Å². The van der Waals surface area contributed by atoms with Gasteiger partial charge in [0.05, 0.1) is 5.92 Å². The second-order valence-electron chi connectivity index (χ2n) is 8.71. The zero-order chi connectivity index (χ0) is 22.7. The van der Waals surface area contributed by atoms with Crippen LogP contribution in [0.2, 0.25) is 5.02 Å². The highest BCUT2D eigenvalue weighted by Crippen LogP contribution is 2.55. The molecule has 3 aliphatic heterocycles. The molecule has 33 heavy (non-hydrogen) atoms. The fourth-order valence-corrected chi connectivity index (χ4v) is 5.76. The van der Waals surface area contributed by atoms with Gasteiger partial charge in [-0.2, -0.15) is 0 Å². The molecule has 1 N–H and O–H groups in total. The van der Waals surface area contributed by atoms with E-state index >= 15 is 0 Å². The van der Waals surface area contributed by atoms with Gasteiger partial charge in [-0.25, -0.2) is 0 Å². The average Bonchev–Trinajstić information content (AvgIpc) is 3.49. The Hall–Kier alpha value is -3.35. The number of hydrogen-bond donors (Lipinski definition) is 1. The number of likely N-dealkylation sites (N-methyl/N-ethyl adjacent to an activating group) is 1. The van der Waals surface area contributed by atoms with Gasteiger partial charge in [0.2, 0.25) is 12.7 Å². The molecule has 1 spiro atoms. The Balaban J connectivity index is 1.54. The van der Waals surface area contributed by atoms with Gasteiger partial charge in [-0.05, 0) is 49.0 Å². The predicted octanol–water partition coefficient (Wildman–Crippen LogP) is 4.44. The summed E-state index contributed by atoms with van der Waals surface area (Å²) < 4.78 is 10.9. The lowest BCUT2D eigenvalue weighted by Crippen LogP contribution is -2.51. The van der Waals surface area contributed by atoms with Crippen LogP contribution < -0.4 is 14.8 Å². The molecule has 0 bridgehead atoms. The van der Waals surface area contributed by atoms with Gasteiger partial charge >= 0.3 is 0 Å². The van der Waals surface area contributed by atoms with Crippen LogP contribution in [0.25, 0.3) is 0 Å². The minimum atomic E-state index is -1.12. The average molecular weight is 461 g/mol. The topological polar surface area (TPSA) is 67.9 Å². The highest BCUT2D eigenvalue weighted by atomic mass is 35.5. The van der Waals surface area contributed by atoms with E-state index in [-0.39, 0.29) is 24.4 Å². The Morgan fingerprint density at radius 2 is 1.82 bits per heavy atom. The first-order chi connectivity index (χ1) is 16.0. The van der Waals surface area contributed by atoms with Crippen molar-refractivity contribution in [1.82, 2.24) is 4.90 Å². The van der Waals surface area contributed by atoms with Crippen LogP contribution in [0.3, 0.4) is 0 Å². The zero-order valence-corrected chi connectivity index (χ0v) is 18.6. The van der Waals surface area contributed by atoms with Gasteiger partial charge in [-0.15, -0.1) is 0 Å². The fourth-order valence-electron chi connectivity index (χ4n) is 5.63. The second-order valence-corrected chi connectivity index (χ2v) is 9.15. The van der Waals surface area contributed by atoms with Crippen molar-refractivity contribution in [2.45, 2.75) is 11.5 Å². The number of anilines is 1. The summed E-state index contributed by atoms with van der Waals surface area (Å²) in [6, 6.07) is 20.4. The molecule has 3 aromatic rings. The summed E-state index contributed by atoms with van der Waals surface area (Å²) in [6.45, 7) is 0.677. The first-order valence-corrected chi connectivity index (χ1v) is 11.2. The lowest BCUT2D eigenvalue weighted by molar-refractivity contribution is -0.126. The highest BCUT2D eigenvalue weighted by molar-refractivity contribution is 6.30. The second kappa shape index (κ2) is 7.33. The number of fused-ring (bicyclic) bond motifs is 3. The van der Waals surface area contributed by atoms with E-state index in [0.717, 1.165) is 16.8 Å². The molecular formula is C26H21ClN2O4. The molecule has 3 aliphatic rings. The number of amides is 1. The molecule has 3 atom stereocenters. The summed E-state index contributed by atoms with van der Waals surface area (Å²) in [6.07, 6.45) is 0. The number of nitrogens with zero attached hydrogens (tertiary/aromatic N) is 1. The van der Waals surface area contributed by atoms with Gasteiger partial charge in [-0.3, -0.25) is 14.5 Å². The molecule has 1 amide bonds. The monoisotopic (exact) mass is 460 g/mol. The standard InChI is InChI=1S/C26H21ClN2O4/c1-29-13-18(15-6-9-17(27)10-7-15)23(24(30)16-8-11-21-22(12-16)33-14-32-21)26(29)19-4-2-3-5-20(19)28-25(26)31/h2-12,18,23H,13-14H2,1H3,(H,28,31)/t18-,23+,26+/m1/s1. The lowest BCUT2D eigenvalue weighted by atomic mass is 9.70. The smallest absolute Gasteiger partial charge is 0.250 e. The van der Waals surface area contributed by atoms with Gasteiger partial charge in [0.15, 0.2) is 17.3 Å². The number of Topliss-reactive ketones (excluding diaryl/α,β-unsaturated/α-hetero) is 1. The number of rotatable bonds is 3. The molecule has 6 nitrogen and oxygen atoms in total. The van der Waals surface area contributed by atoms with Crippen molar-refractivity contribution in [2.75, 3.05) is 25.7 Å². The van der Waals surface area contributed by atoms with Crippen molar-refractivity contribution < 1.29 is 19.1 Å². The third-order valence-electron chi connectivity index (χ3n) is 7.09. The van der Waals surface area contributed by atoms with Gasteiger partial charge in [-0.1, -0.05) is 41.9 Å². The summed E-state index contributed by atoms with van der Waals surface area (Å²) in [4.78, 5) is 29.9. The fraction of sp³-hybridized carbons (Fsp3) is 0.231. The molecule has 0 aromatic heterocycles. The number of hydrogen-bond acceptors (Lipinski definition) is 5. The van der Waals surface area contributed by atoms with Gasteiger partial charge < -0.3 is 14.8 Å². The Morgan fingerprint density at radius 3 is 2.64 bits per heavy atom. The first kappa shape index (κ1) is 20.3. The summed E-state index contributed by atoms with van der Waals surface area (Å²) in [7, 11) is 1.91. The van der Waals surface area contributed by atoms with Crippen LogP contribution in [0.15, 0.2) is 66.7 Å². The molecule has 1 fully saturated rings. The summed E-state index contributed by atoms with van der Waals surface area (Å²) >= 11 is 6.14. The number of likely N-dealkylation sites (tertiary alicyclic amines) is 1. The van der Waals surface area contributed by atoms with Crippen molar-refractivity contribution >= 4 is 29.0 Å². The zero-order valence-electron chi connectivity index (χ0n) is 17.9. The van der Waals surface area contributed by atoms with Gasteiger partial charge in [0.25, 0.3) is 0 Å². The van der Waals surface area contributed by atoms with E-state index in [1.165, 1.54) is 0 Å². The normalized spacial score (nSPS) is 25.3. The third kappa shape index (κ3) is 2.84. The molecule has 166 valence electrons. The molecular weight excluding hydrogens is 440 g/mol. The van der Waals surface area contributed by atoms with Crippen LogP contribution in [-0.2, 0) is 10.3 Å². The van der Waals surface area contributed by atoms with E-state index in [1.807, 2.05) is 60.5 Å². The van der Waals surface area contributed by atoms with E-state index in [9.17, 15) is 9.59 Å². The van der Waals surface area contributed by atoms with E-state index in [0.29, 0.717) is 28.6 Å². The van der Waals surface area contributed by atoms with E-state index in [2.05, 4.69) is 5.32 Å².